The Morgan fingerprint density at radius 2 is 1.93 bits per heavy atom. The third-order valence-electron chi connectivity index (χ3n) is 3.87. The third-order valence-corrected chi connectivity index (χ3v) is 4.96. The van der Waals surface area contributed by atoms with Crippen LogP contribution in [0.2, 0.25) is 0 Å². The molecule has 2 rings (SSSR count). The summed E-state index contributed by atoms with van der Waals surface area (Å²) in [5, 5.41) is 8.71. The number of hydrogen-bond acceptors (Lipinski definition) is 4. The Kier molecular flexibility index (Phi) is 8.43. The van der Waals surface area contributed by atoms with Crippen LogP contribution in [0.4, 0.5) is 0 Å². The van der Waals surface area contributed by atoms with Crippen LogP contribution in [0, 0.1) is 13.8 Å². The van der Waals surface area contributed by atoms with E-state index in [-0.39, 0.29) is 12.7 Å². The molecule has 0 saturated heterocycles. The summed E-state index contributed by atoms with van der Waals surface area (Å²) in [6, 6.07) is 14.2. The molecule has 0 fully saturated rings. The van der Waals surface area contributed by atoms with Gasteiger partial charge in [0.15, 0.2) is 6.61 Å². The van der Waals surface area contributed by atoms with Crippen molar-refractivity contribution in [1.82, 2.24) is 0 Å². The van der Waals surface area contributed by atoms with Crippen molar-refractivity contribution in [3.8, 4) is 5.75 Å². The molecule has 4 nitrogen and oxygen atoms in total. The molecule has 0 aromatic heterocycles. The van der Waals surface area contributed by atoms with E-state index in [9.17, 15) is 4.79 Å². The van der Waals surface area contributed by atoms with Gasteiger partial charge in [0.05, 0.1) is 6.10 Å². The van der Waals surface area contributed by atoms with Crippen molar-refractivity contribution in [3.63, 3.8) is 0 Å². The highest BCUT2D eigenvalue weighted by molar-refractivity contribution is 7.99. The molecule has 0 aliphatic heterocycles. The number of aryl methyl sites for hydroxylation is 2. The van der Waals surface area contributed by atoms with E-state index < -0.39 is 5.97 Å². The van der Waals surface area contributed by atoms with Gasteiger partial charge < -0.3 is 14.6 Å². The zero-order valence-electron chi connectivity index (χ0n) is 16.0. The summed E-state index contributed by atoms with van der Waals surface area (Å²) in [4.78, 5) is 11.7. The van der Waals surface area contributed by atoms with Crippen LogP contribution in [0.1, 0.15) is 23.6 Å². The molecule has 27 heavy (non-hydrogen) atoms. The van der Waals surface area contributed by atoms with Crippen molar-refractivity contribution in [2.45, 2.75) is 31.8 Å². The smallest absolute Gasteiger partial charge is 0.341 e. The van der Waals surface area contributed by atoms with Crippen LogP contribution >= 0.6 is 11.8 Å². The Bertz CT molecular complexity index is 768. The number of aliphatic carboxylic acids is 1. The fourth-order valence-corrected chi connectivity index (χ4v) is 3.45. The van der Waals surface area contributed by atoms with Crippen LogP contribution < -0.4 is 4.74 Å². The number of hydrogen-bond donors (Lipinski definition) is 1. The van der Waals surface area contributed by atoms with Crippen LogP contribution in [0.3, 0.4) is 0 Å². The van der Waals surface area contributed by atoms with Gasteiger partial charge >= 0.3 is 5.97 Å². The van der Waals surface area contributed by atoms with Gasteiger partial charge in [-0.2, -0.15) is 0 Å². The molecule has 0 aliphatic rings. The second kappa shape index (κ2) is 10.8. The predicted octanol–water partition coefficient (Wildman–Crippen LogP) is 4.98. The van der Waals surface area contributed by atoms with Gasteiger partial charge in [0, 0.05) is 17.3 Å². The Hall–Kier alpha value is -2.24. The normalized spacial score (nSPS) is 12.3. The number of ether oxygens (including phenoxy) is 2. The first-order valence-electron chi connectivity index (χ1n) is 8.92. The molecule has 1 atom stereocenters. The van der Waals surface area contributed by atoms with E-state index >= 15 is 0 Å². The minimum absolute atomic E-state index is 0.0181. The van der Waals surface area contributed by atoms with Gasteiger partial charge in [-0.05, 0) is 50.1 Å². The molecular weight excluding hydrogens is 360 g/mol. The second-order valence-corrected chi connectivity index (χ2v) is 7.28. The van der Waals surface area contributed by atoms with Crippen molar-refractivity contribution >= 4 is 23.8 Å². The quantitative estimate of drug-likeness (QED) is 0.584. The van der Waals surface area contributed by atoms with Gasteiger partial charge in [0.25, 0.3) is 0 Å². The highest BCUT2D eigenvalue weighted by atomic mass is 32.2. The summed E-state index contributed by atoms with van der Waals surface area (Å²) in [5.74, 6) is 0.417. The Morgan fingerprint density at radius 1 is 1.19 bits per heavy atom. The molecule has 0 heterocycles. The minimum atomic E-state index is -0.979. The van der Waals surface area contributed by atoms with Gasteiger partial charge in [0.2, 0.25) is 0 Å². The van der Waals surface area contributed by atoms with Crippen LogP contribution in [-0.2, 0) is 9.53 Å². The highest BCUT2D eigenvalue weighted by Crippen LogP contribution is 2.26. The molecule has 0 amide bonds. The summed E-state index contributed by atoms with van der Waals surface area (Å²) < 4.78 is 11.1. The molecule has 1 unspecified atom stereocenters. The highest BCUT2D eigenvalue weighted by Gasteiger charge is 2.08. The molecule has 1 N–H and O–H groups in total. The van der Waals surface area contributed by atoms with Crippen LogP contribution in [0.15, 0.2) is 53.4 Å². The van der Waals surface area contributed by atoms with Crippen molar-refractivity contribution in [2.24, 2.45) is 0 Å². The third kappa shape index (κ3) is 7.49. The summed E-state index contributed by atoms with van der Waals surface area (Å²) in [7, 11) is 0. The number of carboxylic acids is 1. The van der Waals surface area contributed by atoms with Crippen molar-refractivity contribution < 1.29 is 19.4 Å². The first kappa shape index (κ1) is 21.1. The Morgan fingerprint density at radius 3 is 2.56 bits per heavy atom. The molecule has 2 aromatic carbocycles. The number of rotatable bonds is 10. The maximum absolute atomic E-state index is 10.6. The van der Waals surface area contributed by atoms with E-state index in [1.54, 1.807) is 11.8 Å². The van der Waals surface area contributed by atoms with Gasteiger partial charge in [-0.1, -0.05) is 42.0 Å². The van der Waals surface area contributed by atoms with E-state index in [2.05, 4.69) is 43.3 Å². The van der Waals surface area contributed by atoms with Crippen LogP contribution in [-0.4, -0.2) is 36.1 Å². The zero-order valence-corrected chi connectivity index (χ0v) is 16.8. The molecule has 0 aliphatic carbocycles. The predicted molar refractivity (Wildman–Crippen MR) is 111 cm³/mol. The molecule has 2 aromatic rings. The maximum Gasteiger partial charge on any atom is 0.341 e. The van der Waals surface area contributed by atoms with E-state index in [1.165, 1.54) is 5.56 Å². The second-order valence-electron chi connectivity index (χ2n) is 6.18. The van der Waals surface area contributed by atoms with Gasteiger partial charge in [0.1, 0.15) is 5.75 Å². The number of carbonyl (C=O) groups is 1. The SMILES string of the molecule is CCOC(/C=C/c1ccc(C)cc1)CSc1ccc(OCC(=O)O)c(C)c1. The Labute approximate surface area is 165 Å². The van der Waals surface area contributed by atoms with Gasteiger partial charge in [-0.25, -0.2) is 4.79 Å². The van der Waals surface area contributed by atoms with Crippen molar-refractivity contribution in [2.75, 3.05) is 19.0 Å². The van der Waals surface area contributed by atoms with Crippen LogP contribution in [0.25, 0.3) is 6.08 Å². The lowest BCUT2D eigenvalue weighted by molar-refractivity contribution is -0.139. The maximum atomic E-state index is 10.6. The molecule has 0 bridgehead atoms. The number of thioether (sulfide) groups is 1. The molecule has 0 saturated carbocycles. The largest absolute Gasteiger partial charge is 0.482 e. The monoisotopic (exact) mass is 386 g/mol. The molecular formula is C22H26O4S. The molecule has 144 valence electrons. The van der Waals surface area contributed by atoms with E-state index in [0.717, 1.165) is 21.8 Å². The minimum Gasteiger partial charge on any atom is -0.482 e. The lowest BCUT2D eigenvalue weighted by Crippen LogP contribution is -2.12. The van der Waals surface area contributed by atoms with Gasteiger partial charge in [-0.15, -0.1) is 11.8 Å². The standard InChI is InChI=1S/C22H26O4S/c1-4-25-19(10-9-18-7-5-16(2)6-8-18)15-27-20-11-12-21(17(3)13-20)26-14-22(23)24/h5-13,19H,4,14-15H2,1-3H3,(H,23,24)/b10-9+. The van der Waals surface area contributed by atoms with E-state index in [4.69, 9.17) is 14.6 Å². The average molecular weight is 387 g/mol. The summed E-state index contributed by atoms with van der Waals surface area (Å²) in [6.07, 6.45) is 4.21. The van der Waals surface area contributed by atoms with Gasteiger partial charge in [-0.3, -0.25) is 0 Å². The topological polar surface area (TPSA) is 55.8 Å². The zero-order chi connectivity index (χ0) is 19.6. The first-order chi connectivity index (χ1) is 13.0. The van der Waals surface area contributed by atoms with Crippen LogP contribution in [0.5, 0.6) is 5.75 Å². The molecule has 5 heteroatoms. The summed E-state index contributed by atoms with van der Waals surface area (Å²) in [6.45, 7) is 6.32. The fourth-order valence-electron chi connectivity index (χ4n) is 2.46. The Balaban J connectivity index is 1.95. The van der Waals surface area contributed by atoms with E-state index in [1.807, 2.05) is 32.0 Å². The average Bonchev–Trinajstić information content (AvgIpc) is 2.64. The number of benzene rings is 2. The summed E-state index contributed by atoms with van der Waals surface area (Å²) >= 11 is 1.71. The van der Waals surface area contributed by atoms with E-state index in [0.29, 0.717) is 12.4 Å². The van der Waals surface area contributed by atoms with Crippen molar-refractivity contribution in [1.29, 1.82) is 0 Å². The number of carboxylic acid groups (broad SMARTS) is 1. The lowest BCUT2D eigenvalue weighted by Gasteiger charge is -2.14. The van der Waals surface area contributed by atoms with Crippen molar-refractivity contribution in [3.05, 3.63) is 65.2 Å². The summed E-state index contributed by atoms with van der Waals surface area (Å²) in [5.41, 5.74) is 3.32. The molecule has 0 spiro atoms. The first-order valence-corrected chi connectivity index (χ1v) is 9.91. The fraction of sp³-hybridized carbons (Fsp3) is 0.318. The molecule has 0 radical (unpaired) electrons. The lowest BCUT2D eigenvalue weighted by atomic mass is 10.1.